The molecule has 1 heterocycles. The number of carbonyl (C=O) groups excluding carboxylic acids is 1. The van der Waals surface area contributed by atoms with Gasteiger partial charge in [0.1, 0.15) is 17.0 Å². The van der Waals surface area contributed by atoms with E-state index in [1.54, 1.807) is 46.1 Å². The Morgan fingerprint density at radius 1 is 1.38 bits per heavy atom. The van der Waals surface area contributed by atoms with Gasteiger partial charge in [-0.1, -0.05) is 0 Å². The zero-order valence-corrected chi connectivity index (χ0v) is 12.8. The minimum Gasteiger partial charge on any atom is -0.496 e. The lowest BCUT2D eigenvalue weighted by molar-refractivity contribution is -0.0164. The summed E-state index contributed by atoms with van der Waals surface area (Å²) >= 11 is 0. The van der Waals surface area contributed by atoms with Gasteiger partial charge >= 0.3 is 6.09 Å². The summed E-state index contributed by atoms with van der Waals surface area (Å²) in [6.45, 7) is 6.32. The Hall–Kier alpha value is -1.79. The van der Waals surface area contributed by atoms with Gasteiger partial charge in [0.2, 0.25) is 0 Å². The van der Waals surface area contributed by atoms with Gasteiger partial charge < -0.3 is 19.9 Å². The average molecular weight is 294 g/mol. The number of nitrogens with one attached hydrogen (secondary N) is 2. The van der Waals surface area contributed by atoms with Crippen molar-refractivity contribution < 1.29 is 19.4 Å². The van der Waals surface area contributed by atoms with Crippen LogP contribution in [0.5, 0.6) is 5.75 Å². The standard InChI is InChI=1S/C15H22N2O4/c1-14(2,3)21-13(18)17-10-5-6-12(20-4)11(7-10)15(19)8-16-9-15/h5-7,16,19H,8-9H2,1-4H3,(H,17,18). The highest BCUT2D eigenvalue weighted by molar-refractivity contribution is 5.85. The van der Waals surface area contributed by atoms with Crippen LogP contribution >= 0.6 is 0 Å². The monoisotopic (exact) mass is 294 g/mol. The fraction of sp³-hybridized carbons (Fsp3) is 0.533. The van der Waals surface area contributed by atoms with Crippen molar-refractivity contribution in [1.82, 2.24) is 5.32 Å². The summed E-state index contributed by atoms with van der Waals surface area (Å²) in [5, 5.41) is 16.1. The maximum atomic E-state index is 11.8. The Balaban J connectivity index is 2.18. The summed E-state index contributed by atoms with van der Waals surface area (Å²) in [5.41, 5.74) is -0.315. The van der Waals surface area contributed by atoms with Crippen LogP contribution in [0.1, 0.15) is 26.3 Å². The van der Waals surface area contributed by atoms with E-state index in [4.69, 9.17) is 9.47 Å². The molecule has 1 aliphatic heterocycles. The molecule has 0 aromatic heterocycles. The maximum absolute atomic E-state index is 11.8. The quantitative estimate of drug-likeness (QED) is 0.792. The largest absolute Gasteiger partial charge is 0.496 e. The highest BCUT2D eigenvalue weighted by Crippen LogP contribution is 2.35. The molecule has 6 heteroatoms. The van der Waals surface area contributed by atoms with Crippen molar-refractivity contribution >= 4 is 11.8 Å². The topological polar surface area (TPSA) is 79.8 Å². The van der Waals surface area contributed by atoms with E-state index in [0.29, 0.717) is 30.1 Å². The van der Waals surface area contributed by atoms with Crippen LogP contribution in [-0.2, 0) is 10.3 Å². The average Bonchev–Trinajstić information content (AvgIpc) is 2.33. The highest BCUT2D eigenvalue weighted by Gasteiger charge is 2.38. The normalized spacial score (nSPS) is 16.8. The molecule has 1 aromatic carbocycles. The van der Waals surface area contributed by atoms with E-state index in [0.717, 1.165) is 0 Å². The molecule has 1 saturated heterocycles. The van der Waals surface area contributed by atoms with Gasteiger partial charge in [-0.2, -0.15) is 0 Å². The van der Waals surface area contributed by atoms with Crippen molar-refractivity contribution in [3.8, 4) is 5.75 Å². The Morgan fingerprint density at radius 3 is 2.52 bits per heavy atom. The minimum atomic E-state index is -0.961. The molecule has 116 valence electrons. The molecule has 2 rings (SSSR count). The van der Waals surface area contributed by atoms with Gasteiger partial charge in [0.15, 0.2) is 0 Å². The number of carbonyl (C=O) groups is 1. The number of rotatable bonds is 3. The molecule has 1 aliphatic rings. The fourth-order valence-corrected chi connectivity index (χ4v) is 2.12. The molecule has 0 unspecified atom stereocenters. The van der Waals surface area contributed by atoms with Gasteiger partial charge in [0, 0.05) is 24.3 Å². The van der Waals surface area contributed by atoms with Crippen LogP contribution in [0.3, 0.4) is 0 Å². The Kier molecular flexibility index (Phi) is 4.11. The van der Waals surface area contributed by atoms with Gasteiger partial charge in [0.05, 0.1) is 7.11 Å². The van der Waals surface area contributed by atoms with E-state index in [-0.39, 0.29) is 0 Å². The Labute approximate surface area is 124 Å². The third kappa shape index (κ3) is 3.65. The molecule has 1 aromatic rings. The van der Waals surface area contributed by atoms with E-state index >= 15 is 0 Å². The van der Waals surface area contributed by atoms with Crippen molar-refractivity contribution in [2.24, 2.45) is 0 Å². The van der Waals surface area contributed by atoms with E-state index in [9.17, 15) is 9.90 Å². The van der Waals surface area contributed by atoms with Crippen molar-refractivity contribution in [2.45, 2.75) is 32.0 Å². The van der Waals surface area contributed by atoms with Crippen molar-refractivity contribution in [3.05, 3.63) is 23.8 Å². The Morgan fingerprint density at radius 2 is 2.05 bits per heavy atom. The van der Waals surface area contributed by atoms with Gasteiger partial charge in [-0.3, -0.25) is 5.32 Å². The van der Waals surface area contributed by atoms with Crippen LogP contribution in [0, 0.1) is 0 Å². The first-order chi connectivity index (χ1) is 9.73. The van der Waals surface area contributed by atoms with Crippen LogP contribution in [0.4, 0.5) is 10.5 Å². The number of hydrogen-bond donors (Lipinski definition) is 3. The third-order valence-electron chi connectivity index (χ3n) is 3.18. The third-order valence-corrected chi connectivity index (χ3v) is 3.18. The van der Waals surface area contributed by atoms with Crippen LogP contribution in [0.2, 0.25) is 0 Å². The summed E-state index contributed by atoms with van der Waals surface area (Å²) in [6.07, 6.45) is -0.530. The molecule has 0 aliphatic carbocycles. The summed E-state index contributed by atoms with van der Waals surface area (Å²) in [6, 6.07) is 5.14. The molecular formula is C15H22N2O4. The van der Waals surface area contributed by atoms with E-state index < -0.39 is 17.3 Å². The number of methoxy groups -OCH3 is 1. The number of ether oxygens (including phenoxy) is 2. The number of amides is 1. The Bertz CT molecular complexity index is 533. The first-order valence-electron chi connectivity index (χ1n) is 6.85. The van der Waals surface area contributed by atoms with Crippen LogP contribution in [-0.4, -0.2) is 37.0 Å². The van der Waals surface area contributed by atoms with Crippen molar-refractivity contribution in [1.29, 1.82) is 0 Å². The molecular weight excluding hydrogens is 272 g/mol. The number of aliphatic hydroxyl groups is 1. The predicted molar refractivity (Wildman–Crippen MR) is 79.6 cm³/mol. The lowest BCUT2D eigenvalue weighted by atomic mass is 9.87. The van der Waals surface area contributed by atoms with Crippen LogP contribution in [0.15, 0.2) is 18.2 Å². The van der Waals surface area contributed by atoms with Crippen LogP contribution in [0.25, 0.3) is 0 Å². The molecule has 1 fully saturated rings. The second-order valence-corrected chi connectivity index (χ2v) is 6.18. The molecule has 0 radical (unpaired) electrons. The summed E-state index contributed by atoms with van der Waals surface area (Å²) in [5.74, 6) is 0.591. The molecule has 0 bridgehead atoms. The predicted octanol–water partition coefficient (Wildman–Crippen LogP) is 1.83. The van der Waals surface area contributed by atoms with E-state index in [1.165, 1.54) is 0 Å². The molecule has 0 atom stereocenters. The SMILES string of the molecule is COc1ccc(NC(=O)OC(C)(C)C)cc1C1(O)CNC1. The number of β-amino-alcohol motifs (C(OH)–C–C–N with tert-alkyl or cyclic N) is 1. The molecule has 0 saturated carbocycles. The minimum absolute atomic E-state index is 0.458. The van der Waals surface area contributed by atoms with E-state index in [1.807, 2.05) is 0 Å². The summed E-state index contributed by atoms with van der Waals surface area (Å²) < 4.78 is 10.5. The molecule has 3 N–H and O–H groups in total. The maximum Gasteiger partial charge on any atom is 0.412 e. The van der Waals surface area contributed by atoms with Gasteiger partial charge in [-0.25, -0.2) is 4.79 Å². The zero-order valence-electron chi connectivity index (χ0n) is 12.8. The summed E-state index contributed by atoms with van der Waals surface area (Å²) in [7, 11) is 1.55. The lowest BCUT2D eigenvalue weighted by Crippen LogP contribution is -2.56. The first kappa shape index (κ1) is 15.6. The lowest BCUT2D eigenvalue weighted by Gasteiger charge is -2.38. The van der Waals surface area contributed by atoms with Crippen LogP contribution < -0.4 is 15.4 Å². The number of anilines is 1. The fourth-order valence-electron chi connectivity index (χ4n) is 2.12. The molecule has 0 spiro atoms. The van der Waals surface area contributed by atoms with Crippen molar-refractivity contribution in [3.63, 3.8) is 0 Å². The van der Waals surface area contributed by atoms with Gasteiger partial charge in [-0.05, 0) is 39.0 Å². The van der Waals surface area contributed by atoms with E-state index in [2.05, 4.69) is 10.6 Å². The summed E-state index contributed by atoms with van der Waals surface area (Å²) in [4.78, 5) is 11.8. The highest BCUT2D eigenvalue weighted by atomic mass is 16.6. The van der Waals surface area contributed by atoms with Gasteiger partial charge in [-0.15, -0.1) is 0 Å². The molecule has 21 heavy (non-hydrogen) atoms. The number of benzene rings is 1. The second-order valence-electron chi connectivity index (χ2n) is 6.18. The zero-order chi connectivity index (χ0) is 15.7. The van der Waals surface area contributed by atoms with Gasteiger partial charge in [0.25, 0.3) is 0 Å². The molecule has 6 nitrogen and oxygen atoms in total. The number of hydrogen-bond acceptors (Lipinski definition) is 5. The van der Waals surface area contributed by atoms with Crippen molar-refractivity contribution in [2.75, 3.05) is 25.5 Å². The first-order valence-corrected chi connectivity index (χ1v) is 6.85. The second kappa shape index (κ2) is 5.54. The molecule has 1 amide bonds. The smallest absolute Gasteiger partial charge is 0.412 e.